The van der Waals surface area contributed by atoms with Crippen LogP contribution in [0.25, 0.3) is 5.65 Å². The third kappa shape index (κ3) is 3.96. The summed E-state index contributed by atoms with van der Waals surface area (Å²) in [7, 11) is 0. The number of aliphatic hydroxyl groups excluding tert-OH is 1. The minimum atomic E-state index is -0.192. The number of carbonyl (C=O) groups is 1. The summed E-state index contributed by atoms with van der Waals surface area (Å²) in [6, 6.07) is 11.3. The largest absolute Gasteiger partial charge is 0.396 e. The number of carbonyl (C=O) groups excluding carboxylic acids is 1. The molecule has 7 heteroatoms. The van der Waals surface area contributed by atoms with Gasteiger partial charge in [-0.25, -0.2) is 4.98 Å². The Hall–Kier alpha value is -2.93. The highest BCUT2D eigenvalue weighted by Crippen LogP contribution is 2.27. The summed E-state index contributed by atoms with van der Waals surface area (Å²) in [6.07, 6.45) is 2.63. The molecule has 0 radical (unpaired) electrons. The quantitative estimate of drug-likeness (QED) is 0.712. The molecule has 1 fully saturated rings. The first-order valence-corrected chi connectivity index (χ1v) is 9.97. The van der Waals surface area contributed by atoms with Gasteiger partial charge in [-0.3, -0.25) is 4.79 Å². The Labute approximate surface area is 170 Å². The predicted octanol–water partition coefficient (Wildman–Crippen LogP) is 3.10. The van der Waals surface area contributed by atoms with E-state index in [4.69, 9.17) is 0 Å². The normalized spacial score (nSPS) is 17.1. The van der Waals surface area contributed by atoms with Gasteiger partial charge in [-0.2, -0.15) is 9.61 Å². The van der Waals surface area contributed by atoms with E-state index < -0.39 is 0 Å². The van der Waals surface area contributed by atoms with Crippen LogP contribution in [0, 0.1) is 5.92 Å². The maximum Gasteiger partial charge on any atom is 0.256 e. The third-order valence-electron chi connectivity index (χ3n) is 5.46. The lowest BCUT2D eigenvalue weighted by atomic mass is 9.87. The molecule has 0 spiro atoms. The monoisotopic (exact) mass is 393 g/mol. The summed E-state index contributed by atoms with van der Waals surface area (Å²) in [4.78, 5) is 19.5. The molecular weight excluding hydrogens is 366 g/mol. The van der Waals surface area contributed by atoms with Gasteiger partial charge >= 0.3 is 0 Å². The van der Waals surface area contributed by atoms with Gasteiger partial charge < -0.3 is 15.3 Å². The van der Waals surface area contributed by atoms with Crippen molar-refractivity contribution >= 4 is 23.2 Å². The second-order valence-electron chi connectivity index (χ2n) is 8.67. The minimum absolute atomic E-state index is 0.0423. The van der Waals surface area contributed by atoms with Crippen LogP contribution in [0.5, 0.6) is 0 Å². The first kappa shape index (κ1) is 19.4. The number of fused-ring (bicyclic) bond motifs is 1. The molecule has 1 aliphatic heterocycles. The molecule has 0 saturated carbocycles. The number of benzene rings is 1. The number of hydrogen-bond donors (Lipinski definition) is 2. The van der Waals surface area contributed by atoms with E-state index >= 15 is 0 Å². The van der Waals surface area contributed by atoms with Crippen LogP contribution in [-0.2, 0) is 5.41 Å². The van der Waals surface area contributed by atoms with Crippen LogP contribution >= 0.6 is 0 Å². The molecule has 1 atom stereocenters. The molecular formula is C22H27N5O2. The van der Waals surface area contributed by atoms with Crippen LogP contribution in [0.2, 0.25) is 0 Å². The van der Waals surface area contributed by atoms with E-state index in [1.54, 1.807) is 10.7 Å². The highest BCUT2D eigenvalue weighted by Gasteiger charge is 2.25. The second-order valence-corrected chi connectivity index (χ2v) is 8.67. The molecule has 0 aliphatic carbocycles. The van der Waals surface area contributed by atoms with Crippen molar-refractivity contribution in [3.8, 4) is 0 Å². The van der Waals surface area contributed by atoms with Gasteiger partial charge in [0.25, 0.3) is 5.91 Å². The van der Waals surface area contributed by atoms with Gasteiger partial charge in [0.1, 0.15) is 11.6 Å². The first-order valence-electron chi connectivity index (χ1n) is 9.97. The van der Waals surface area contributed by atoms with E-state index in [9.17, 15) is 9.90 Å². The van der Waals surface area contributed by atoms with E-state index in [2.05, 4.69) is 41.1 Å². The lowest BCUT2D eigenvalue weighted by molar-refractivity contribution is 0.102. The predicted molar refractivity (Wildman–Crippen MR) is 113 cm³/mol. The number of nitrogens with zero attached hydrogens (tertiary/aromatic N) is 4. The summed E-state index contributed by atoms with van der Waals surface area (Å²) < 4.78 is 1.77. The molecule has 7 nitrogen and oxygen atoms in total. The lowest BCUT2D eigenvalue weighted by Crippen LogP contribution is -2.24. The summed E-state index contributed by atoms with van der Waals surface area (Å²) in [5.74, 6) is 1.43. The number of aliphatic hydroxyl groups is 1. The molecule has 3 aromatic rings. The second kappa shape index (κ2) is 7.48. The average Bonchev–Trinajstić information content (AvgIpc) is 3.36. The molecule has 2 N–H and O–H groups in total. The summed E-state index contributed by atoms with van der Waals surface area (Å²) in [5, 5.41) is 16.7. The number of anilines is 2. The highest BCUT2D eigenvalue weighted by molar-refractivity contribution is 6.04. The van der Waals surface area contributed by atoms with Crippen LogP contribution in [0.3, 0.4) is 0 Å². The Morgan fingerprint density at radius 2 is 2.00 bits per heavy atom. The van der Waals surface area contributed by atoms with Crippen molar-refractivity contribution in [1.82, 2.24) is 14.6 Å². The fourth-order valence-corrected chi connectivity index (χ4v) is 3.69. The maximum absolute atomic E-state index is 12.8. The van der Waals surface area contributed by atoms with Crippen LogP contribution < -0.4 is 10.2 Å². The van der Waals surface area contributed by atoms with Crippen molar-refractivity contribution in [2.24, 2.45) is 5.92 Å². The SMILES string of the molecule is CC(C)(C)c1ccc(C(=O)Nc2cc(N3CCC(CO)C3)n3nccc3n2)cc1. The molecule has 1 aromatic carbocycles. The van der Waals surface area contributed by atoms with E-state index in [-0.39, 0.29) is 23.8 Å². The number of nitrogens with one attached hydrogen (secondary N) is 1. The molecule has 2 aromatic heterocycles. The highest BCUT2D eigenvalue weighted by atomic mass is 16.3. The van der Waals surface area contributed by atoms with Crippen molar-refractivity contribution in [3.05, 3.63) is 53.7 Å². The van der Waals surface area contributed by atoms with E-state index in [0.29, 0.717) is 17.0 Å². The molecule has 1 aliphatic rings. The van der Waals surface area contributed by atoms with Gasteiger partial charge in [0.05, 0.1) is 6.20 Å². The summed E-state index contributed by atoms with van der Waals surface area (Å²) >= 11 is 0. The average molecular weight is 393 g/mol. The van der Waals surface area contributed by atoms with E-state index in [1.165, 1.54) is 5.56 Å². The molecule has 1 unspecified atom stereocenters. The molecule has 152 valence electrons. The molecule has 29 heavy (non-hydrogen) atoms. The van der Waals surface area contributed by atoms with Crippen LogP contribution in [0.15, 0.2) is 42.6 Å². The lowest BCUT2D eigenvalue weighted by Gasteiger charge is -2.20. The van der Waals surface area contributed by atoms with Gasteiger partial charge in [0, 0.05) is 43.3 Å². The van der Waals surface area contributed by atoms with E-state index in [1.807, 2.05) is 36.4 Å². The van der Waals surface area contributed by atoms with Crippen molar-refractivity contribution in [3.63, 3.8) is 0 Å². The van der Waals surface area contributed by atoms with Crippen LogP contribution in [-0.4, -0.2) is 45.3 Å². The Bertz CT molecular complexity index is 1020. The van der Waals surface area contributed by atoms with Gasteiger partial charge in [-0.05, 0) is 29.5 Å². The summed E-state index contributed by atoms with van der Waals surface area (Å²) in [6.45, 7) is 8.22. The van der Waals surface area contributed by atoms with Crippen molar-refractivity contribution in [2.75, 3.05) is 29.9 Å². The maximum atomic E-state index is 12.8. The number of amides is 1. The fraction of sp³-hybridized carbons (Fsp3) is 0.409. The zero-order valence-electron chi connectivity index (χ0n) is 17.1. The standard InChI is InChI=1S/C22H27N5O2/c1-22(2,3)17-6-4-16(5-7-17)21(29)25-18-12-20(26-11-9-15(13-26)14-28)27-19(24-18)8-10-23-27/h4-8,10,12,15,28H,9,11,13-14H2,1-3H3,(H,24,25,29). The zero-order chi connectivity index (χ0) is 20.6. The van der Waals surface area contributed by atoms with Crippen LogP contribution in [0.4, 0.5) is 11.6 Å². The molecule has 3 heterocycles. The first-order chi connectivity index (χ1) is 13.8. The Balaban J connectivity index is 1.59. The van der Waals surface area contributed by atoms with Gasteiger partial charge in [-0.15, -0.1) is 0 Å². The third-order valence-corrected chi connectivity index (χ3v) is 5.46. The van der Waals surface area contributed by atoms with Gasteiger partial charge in [0.2, 0.25) is 0 Å². The zero-order valence-corrected chi connectivity index (χ0v) is 17.1. The summed E-state index contributed by atoms with van der Waals surface area (Å²) in [5.41, 5.74) is 2.49. The topological polar surface area (TPSA) is 82.8 Å². The number of aromatic nitrogens is 3. The number of hydrogen-bond acceptors (Lipinski definition) is 5. The molecule has 1 saturated heterocycles. The van der Waals surface area contributed by atoms with Crippen molar-refractivity contribution in [1.29, 1.82) is 0 Å². The smallest absolute Gasteiger partial charge is 0.256 e. The van der Waals surface area contributed by atoms with Crippen LogP contribution in [0.1, 0.15) is 43.1 Å². The van der Waals surface area contributed by atoms with Crippen molar-refractivity contribution < 1.29 is 9.90 Å². The Kier molecular flexibility index (Phi) is 5.00. The van der Waals surface area contributed by atoms with Gasteiger partial charge in [-0.1, -0.05) is 32.9 Å². The number of rotatable bonds is 4. The minimum Gasteiger partial charge on any atom is -0.396 e. The molecule has 4 rings (SSSR count). The van der Waals surface area contributed by atoms with Gasteiger partial charge in [0.15, 0.2) is 5.65 Å². The fourth-order valence-electron chi connectivity index (χ4n) is 3.69. The Morgan fingerprint density at radius 1 is 1.24 bits per heavy atom. The Morgan fingerprint density at radius 3 is 2.66 bits per heavy atom. The van der Waals surface area contributed by atoms with Crippen molar-refractivity contribution in [2.45, 2.75) is 32.6 Å². The molecule has 0 bridgehead atoms. The van der Waals surface area contributed by atoms with E-state index in [0.717, 1.165) is 25.3 Å². The molecule has 1 amide bonds.